The third-order valence-corrected chi connectivity index (χ3v) is 3.29. The van der Waals surface area contributed by atoms with Gasteiger partial charge in [0, 0.05) is 25.3 Å². The minimum absolute atomic E-state index is 0.795. The Bertz CT molecular complexity index is 549. The Morgan fingerprint density at radius 2 is 1.40 bits per heavy atom. The molecule has 3 nitrogen and oxygen atoms in total. The standard InChI is InChI=1S/C17H23N3/c1-20(2)13-16-9-4-3-7-14(16)11-19-12-15-8-5-6-10-17(15)18/h3-10,19H,11-13,18H2,1-2H3. The molecule has 20 heavy (non-hydrogen) atoms. The Kier molecular flexibility index (Phi) is 5.16. The van der Waals surface area contributed by atoms with E-state index in [4.69, 9.17) is 5.73 Å². The van der Waals surface area contributed by atoms with Crippen LogP contribution in [0.2, 0.25) is 0 Å². The number of nitrogens with zero attached hydrogens (tertiary/aromatic N) is 1. The van der Waals surface area contributed by atoms with Crippen LogP contribution in [-0.2, 0) is 19.6 Å². The van der Waals surface area contributed by atoms with E-state index in [0.717, 1.165) is 30.9 Å². The van der Waals surface area contributed by atoms with Crippen LogP contribution in [0.4, 0.5) is 5.69 Å². The molecule has 0 atom stereocenters. The SMILES string of the molecule is CN(C)Cc1ccccc1CNCc1ccccc1N. The monoisotopic (exact) mass is 269 g/mol. The molecule has 2 aromatic carbocycles. The van der Waals surface area contributed by atoms with Gasteiger partial charge in [0.25, 0.3) is 0 Å². The van der Waals surface area contributed by atoms with Crippen molar-refractivity contribution in [2.45, 2.75) is 19.6 Å². The van der Waals surface area contributed by atoms with Crippen LogP contribution in [0.5, 0.6) is 0 Å². The third-order valence-electron chi connectivity index (χ3n) is 3.29. The van der Waals surface area contributed by atoms with Crippen molar-refractivity contribution in [2.24, 2.45) is 0 Å². The van der Waals surface area contributed by atoms with Gasteiger partial charge in [0.1, 0.15) is 0 Å². The van der Waals surface area contributed by atoms with E-state index in [-0.39, 0.29) is 0 Å². The van der Waals surface area contributed by atoms with Gasteiger partial charge in [-0.2, -0.15) is 0 Å². The molecule has 0 unspecified atom stereocenters. The molecule has 3 N–H and O–H groups in total. The summed E-state index contributed by atoms with van der Waals surface area (Å²) in [5, 5.41) is 3.47. The predicted molar refractivity (Wildman–Crippen MR) is 85.2 cm³/mol. The molecule has 0 aliphatic heterocycles. The number of hydrogen-bond donors (Lipinski definition) is 2. The van der Waals surface area contributed by atoms with Gasteiger partial charge in [-0.05, 0) is 36.9 Å². The van der Waals surface area contributed by atoms with Gasteiger partial charge < -0.3 is 16.0 Å². The fraction of sp³-hybridized carbons (Fsp3) is 0.294. The maximum atomic E-state index is 5.95. The van der Waals surface area contributed by atoms with Crippen LogP contribution in [0, 0.1) is 0 Å². The number of nitrogen functional groups attached to an aromatic ring is 1. The van der Waals surface area contributed by atoms with E-state index in [0.29, 0.717) is 0 Å². The number of anilines is 1. The fourth-order valence-electron chi connectivity index (χ4n) is 2.25. The molecule has 0 aromatic heterocycles. The molecule has 0 amide bonds. The number of nitrogens with one attached hydrogen (secondary N) is 1. The largest absolute Gasteiger partial charge is 0.398 e. The Hall–Kier alpha value is -1.84. The topological polar surface area (TPSA) is 41.3 Å². The molecule has 0 saturated heterocycles. The summed E-state index contributed by atoms with van der Waals surface area (Å²) in [5.74, 6) is 0. The molecule has 0 aliphatic carbocycles. The van der Waals surface area contributed by atoms with Crippen LogP contribution < -0.4 is 11.1 Å². The van der Waals surface area contributed by atoms with Crippen LogP contribution in [0.1, 0.15) is 16.7 Å². The van der Waals surface area contributed by atoms with Crippen molar-refractivity contribution in [1.29, 1.82) is 0 Å². The highest BCUT2D eigenvalue weighted by molar-refractivity contribution is 5.46. The van der Waals surface area contributed by atoms with Crippen LogP contribution in [0.25, 0.3) is 0 Å². The predicted octanol–water partition coefficient (Wildman–Crippen LogP) is 2.62. The van der Waals surface area contributed by atoms with Crippen LogP contribution in [0.15, 0.2) is 48.5 Å². The first-order valence-corrected chi connectivity index (χ1v) is 6.92. The summed E-state index contributed by atoms with van der Waals surface area (Å²) in [6.45, 7) is 2.62. The molecule has 0 aliphatic rings. The number of nitrogens with two attached hydrogens (primary N) is 1. The van der Waals surface area contributed by atoms with Gasteiger partial charge in [-0.3, -0.25) is 0 Å². The van der Waals surface area contributed by atoms with E-state index in [9.17, 15) is 0 Å². The molecule has 0 spiro atoms. The number of hydrogen-bond acceptors (Lipinski definition) is 3. The van der Waals surface area contributed by atoms with Crippen molar-refractivity contribution in [3.05, 3.63) is 65.2 Å². The van der Waals surface area contributed by atoms with E-state index in [1.165, 1.54) is 11.1 Å². The zero-order valence-electron chi connectivity index (χ0n) is 12.3. The van der Waals surface area contributed by atoms with Gasteiger partial charge in [0.05, 0.1) is 0 Å². The van der Waals surface area contributed by atoms with E-state index in [1.54, 1.807) is 0 Å². The summed E-state index contributed by atoms with van der Waals surface area (Å²) in [6.07, 6.45) is 0. The Morgan fingerprint density at radius 3 is 2.05 bits per heavy atom. The smallest absolute Gasteiger partial charge is 0.0359 e. The zero-order valence-corrected chi connectivity index (χ0v) is 12.3. The minimum atomic E-state index is 0.795. The Morgan fingerprint density at radius 1 is 0.850 bits per heavy atom. The first-order chi connectivity index (χ1) is 9.66. The minimum Gasteiger partial charge on any atom is -0.398 e. The molecule has 0 bridgehead atoms. The normalized spacial score (nSPS) is 10.9. The van der Waals surface area contributed by atoms with Crippen molar-refractivity contribution < 1.29 is 0 Å². The average molecular weight is 269 g/mol. The highest BCUT2D eigenvalue weighted by Crippen LogP contribution is 2.12. The third kappa shape index (κ3) is 4.08. The molecule has 0 radical (unpaired) electrons. The van der Waals surface area contributed by atoms with Crippen molar-refractivity contribution in [1.82, 2.24) is 10.2 Å². The number of benzene rings is 2. The lowest BCUT2D eigenvalue weighted by molar-refractivity contribution is 0.400. The highest BCUT2D eigenvalue weighted by Gasteiger charge is 2.03. The van der Waals surface area contributed by atoms with Crippen molar-refractivity contribution in [3.63, 3.8) is 0 Å². The molecular weight excluding hydrogens is 246 g/mol. The maximum absolute atomic E-state index is 5.95. The summed E-state index contributed by atoms with van der Waals surface area (Å²) in [5.41, 5.74) is 10.7. The van der Waals surface area contributed by atoms with E-state index < -0.39 is 0 Å². The van der Waals surface area contributed by atoms with Crippen LogP contribution >= 0.6 is 0 Å². The first-order valence-electron chi connectivity index (χ1n) is 6.92. The van der Waals surface area contributed by atoms with Crippen LogP contribution in [0.3, 0.4) is 0 Å². The van der Waals surface area contributed by atoms with Crippen molar-refractivity contribution in [3.8, 4) is 0 Å². The molecule has 0 saturated carbocycles. The molecule has 2 aromatic rings. The summed E-state index contributed by atoms with van der Waals surface area (Å²) in [4.78, 5) is 2.19. The lowest BCUT2D eigenvalue weighted by Gasteiger charge is -2.15. The zero-order chi connectivity index (χ0) is 14.4. The number of rotatable bonds is 6. The van der Waals surface area contributed by atoms with Gasteiger partial charge in [-0.1, -0.05) is 42.5 Å². The lowest BCUT2D eigenvalue weighted by Crippen LogP contribution is -2.17. The van der Waals surface area contributed by atoms with E-state index in [2.05, 4.69) is 54.6 Å². The van der Waals surface area contributed by atoms with Gasteiger partial charge in [-0.15, -0.1) is 0 Å². The molecule has 106 valence electrons. The van der Waals surface area contributed by atoms with Gasteiger partial charge >= 0.3 is 0 Å². The van der Waals surface area contributed by atoms with E-state index >= 15 is 0 Å². The summed E-state index contributed by atoms with van der Waals surface area (Å²) in [6, 6.07) is 16.5. The highest BCUT2D eigenvalue weighted by atomic mass is 15.0. The van der Waals surface area contributed by atoms with Crippen molar-refractivity contribution >= 4 is 5.69 Å². The number of para-hydroxylation sites is 1. The van der Waals surface area contributed by atoms with Gasteiger partial charge in [0.15, 0.2) is 0 Å². The molecular formula is C17H23N3. The van der Waals surface area contributed by atoms with Crippen molar-refractivity contribution in [2.75, 3.05) is 19.8 Å². The Balaban J connectivity index is 1.96. The average Bonchev–Trinajstić information content (AvgIpc) is 2.42. The lowest BCUT2D eigenvalue weighted by atomic mass is 10.1. The van der Waals surface area contributed by atoms with Gasteiger partial charge in [-0.25, -0.2) is 0 Å². The van der Waals surface area contributed by atoms with Crippen LogP contribution in [-0.4, -0.2) is 19.0 Å². The molecule has 0 fully saturated rings. The van der Waals surface area contributed by atoms with Gasteiger partial charge in [0.2, 0.25) is 0 Å². The maximum Gasteiger partial charge on any atom is 0.0359 e. The van der Waals surface area contributed by atoms with E-state index in [1.807, 2.05) is 18.2 Å². The first kappa shape index (κ1) is 14.6. The summed E-state index contributed by atoms with van der Waals surface area (Å²) in [7, 11) is 4.18. The molecule has 0 heterocycles. The second-order valence-electron chi connectivity index (χ2n) is 5.31. The summed E-state index contributed by atoms with van der Waals surface area (Å²) < 4.78 is 0. The summed E-state index contributed by atoms with van der Waals surface area (Å²) >= 11 is 0. The quantitative estimate of drug-likeness (QED) is 0.792. The second-order valence-corrected chi connectivity index (χ2v) is 5.31. The fourth-order valence-corrected chi connectivity index (χ4v) is 2.25. The Labute approximate surface area is 121 Å². The molecule has 3 heteroatoms. The molecule has 2 rings (SSSR count). The second kappa shape index (κ2) is 7.08.